The van der Waals surface area contributed by atoms with Crippen molar-refractivity contribution in [3.05, 3.63) is 35.4 Å². The van der Waals surface area contributed by atoms with Crippen LogP contribution in [0.25, 0.3) is 0 Å². The summed E-state index contributed by atoms with van der Waals surface area (Å²) < 4.78 is 0. The number of fused-ring (bicyclic) bond motifs is 1. The Hall–Kier alpha value is -1.84. The number of hydrogen-bond acceptors (Lipinski definition) is 2. The average Bonchev–Trinajstić information content (AvgIpc) is 3.08. The lowest BCUT2D eigenvalue weighted by atomic mass is 10.0. The fraction of sp³-hybridized carbons (Fsp3) is 0.529. The molecule has 0 unspecified atom stereocenters. The van der Waals surface area contributed by atoms with Gasteiger partial charge >= 0.3 is 5.97 Å². The number of nitrogens with zero attached hydrogens (tertiary/aromatic N) is 1. The van der Waals surface area contributed by atoms with Crippen molar-refractivity contribution in [3.63, 3.8) is 0 Å². The summed E-state index contributed by atoms with van der Waals surface area (Å²) in [7, 11) is 0. The second-order valence-electron chi connectivity index (χ2n) is 6.71. The number of carbonyl (C=O) groups is 2. The van der Waals surface area contributed by atoms with Gasteiger partial charge in [-0.05, 0) is 29.4 Å². The summed E-state index contributed by atoms with van der Waals surface area (Å²) in [5.41, 5.74) is 2.19. The van der Waals surface area contributed by atoms with Crippen LogP contribution in [0, 0.1) is 17.3 Å². The Bertz CT molecular complexity index is 566. The Morgan fingerprint density at radius 2 is 1.62 bits per heavy atom. The summed E-state index contributed by atoms with van der Waals surface area (Å²) in [4.78, 5) is 25.8. The van der Waals surface area contributed by atoms with Crippen LogP contribution in [0.15, 0.2) is 24.3 Å². The van der Waals surface area contributed by atoms with Crippen molar-refractivity contribution in [2.45, 2.75) is 26.7 Å². The molecule has 1 saturated carbocycles. The van der Waals surface area contributed by atoms with E-state index in [4.69, 9.17) is 0 Å². The molecule has 1 aliphatic heterocycles. The Morgan fingerprint density at radius 3 is 2.05 bits per heavy atom. The highest BCUT2D eigenvalue weighted by molar-refractivity contribution is 5.91. The molecule has 1 heterocycles. The monoisotopic (exact) mass is 287 g/mol. The van der Waals surface area contributed by atoms with Gasteiger partial charge in [0.05, 0.1) is 11.8 Å². The van der Waals surface area contributed by atoms with E-state index in [2.05, 4.69) is 12.1 Å². The van der Waals surface area contributed by atoms with Gasteiger partial charge < -0.3 is 10.0 Å². The topological polar surface area (TPSA) is 57.6 Å². The molecule has 2 aliphatic rings. The highest BCUT2D eigenvalue weighted by Crippen LogP contribution is 2.59. The van der Waals surface area contributed by atoms with E-state index in [1.54, 1.807) is 0 Å². The standard InChI is InChI=1S/C17H21NO3/c1-17(2)13(14(17)16(20)21)15(19)18-9-7-11-5-3-4-6-12(11)8-10-18/h3-6,13-14H,7-10H2,1-2H3,(H,20,21)/t13-,14+/m1/s1. The number of amides is 1. The van der Waals surface area contributed by atoms with Gasteiger partial charge in [-0.3, -0.25) is 9.59 Å². The predicted molar refractivity (Wildman–Crippen MR) is 78.8 cm³/mol. The summed E-state index contributed by atoms with van der Waals surface area (Å²) >= 11 is 0. The van der Waals surface area contributed by atoms with E-state index in [9.17, 15) is 14.7 Å². The zero-order chi connectivity index (χ0) is 15.2. The lowest BCUT2D eigenvalue weighted by Gasteiger charge is -2.21. The summed E-state index contributed by atoms with van der Waals surface area (Å²) in [6.07, 6.45) is 1.71. The quantitative estimate of drug-likeness (QED) is 0.904. The van der Waals surface area contributed by atoms with E-state index in [0.29, 0.717) is 13.1 Å². The minimum Gasteiger partial charge on any atom is -0.481 e. The van der Waals surface area contributed by atoms with Gasteiger partial charge in [0, 0.05) is 13.1 Å². The molecule has 3 rings (SSSR count). The summed E-state index contributed by atoms with van der Waals surface area (Å²) in [5, 5.41) is 9.23. The van der Waals surface area contributed by atoms with Gasteiger partial charge in [-0.15, -0.1) is 0 Å². The molecular weight excluding hydrogens is 266 g/mol. The number of carboxylic acids is 1. The van der Waals surface area contributed by atoms with Gasteiger partial charge in [-0.25, -0.2) is 0 Å². The van der Waals surface area contributed by atoms with Gasteiger partial charge in [0.15, 0.2) is 0 Å². The van der Waals surface area contributed by atoms with E-state index in [1.807, 2.05) is 30.9 Å². The smallest absolute Gasteiger partial charge is 0.307 e. The van der Waals surface area contributed by atoms with E-state index >= 15 is 0 Å². The van der Waals surface area contributed by atoms with Gasteiger partial charge in [0.2, 0.25) is 5.91 Å². The molecule has 1 N–H and O–H groups in total. The summed E-state index contributed by atoms with van der Waals surface area (Å²) in [6, 6.07) is 8.29. The number of aliphatic carboxylic acids is 1. The first-order chi connectivity index (χ1) is 9.93. The molecular formula is C17H21NO3. The molecule has 0 aromatic heterocycles. The molecule has 4 heteroatoms. The zero-order valence-corrected chi connectivity index (χ0v) is 12.5. The van der Waals surface area contributed by atoms with Crippen molar-refractivity contribution >= 4 is 11.9 Å². The van der Waals surface area contributed by atoms with Gasteiger partial charge in [0.1, 0.15) is 0 Å². The molecule has 4 nitrogen and oxygen atoms in total. The molecule has 1 amide bonds. The highest BCUT2D eigenvalue weighted by atomic mass is 16.4. The van der Waals surface area contributed by atoms with Crippen LogP contribution in [0.2, 0.25) is 0 Å². The van der Waals surface area contributed by atoms with E-state index in [-0.39, 0.29) is 11.8 Å². The van der Waals surface area contributed by atoms with Crippen molar-refractivity contribution < 1.29 is 14.7 Å². The molecule has 0 saturated heterocycles. The van der Waals surface area contributed by atoms with Crippen molar-refractivity contribution in [1.29, 1.82) is 0 Å². The lowest BCUT2D eigenvalue weighted by molar-refractivity contribution is -0.142. The van der Waals surface area contributed by atoms with Gasteiger partial charge in [0.25, 0.3) is 0 Å². The molecule has 1 fully saturated rings. The zero-order valence-electron chi connectivity index (χ0n) is 12.5. The molecule has 112 valence electrons. The van der Waals surface area contributed by atoms with Crippen LogP contribution in [0.4, 0.5) is 0 Å². The molecule has 0 spiro atoms. The highest BCUT2D eigenvalue weighted by Gasteiger charge is 2.66. The molecule has 0 radical (unpaired) electrons. The lowest BCUT2D eigenvalue weighted by Crippen LogP contribution is -2.35. The molecule has 21 heavy (non-hydrogen) atoms. The predicted octanol–water partition coefficient (Wildman–Crippen LogP) is 1.97. The van der Waals surface area contributed by atoms with Crippen LogP contribution in [0.5, 0.6) is 0 Å². The Morgan fingerprint density at radius 1 is 1.10 bits per heavy atom. The third-order valence-corrected chi connectivity index (χ3v) is 5.09. The van der Waals surface area contributed by atoms with Crippen molar-refractivity contribution in [3.8, 4) is 0 Å². The molecule has 1 aliphatic carbocycles. The normalized spacial score (nSPS) is 26.7. The second kappa shape index (κ2) is 4.86. The number of carboxylic acid groups (broad SMARTS) is 1. The number of carbonyl (C=O) groups excluding carboxylic acids is 1. The third-order valence-electron chi connectivity index (χ3n) is 5.09. The van der Waals surface area contributed by atoms with Crippen LogP contribution >= 0.6 is 0 Å². The average molecular weight is 287 g/mol. The first kappa shape index (κ1) is 14.1. The van der Waals surface area contributed by atoms with Crippen LogP contribution in [0.3, 0.4) is 0 Å². The first-order valence-electron chi connectivity index (χ1n) is 7.51. The van der Waals surface area contributed by atoms with E-state index in [0.717, 1.165) is 12.8 Å². The van der Waals surface area contributed by atoms with Gasteiger partial charge in [-0.1, -0.05) is 38.1 Å². The number of rotatable bonds is 2. The maximum atomic E-state index is 12.7. The largest absolute Gasteiger partial charge is 0.481 e. The van der Waals surface area contributed by atoms with Crippen molar-refractivity contribution in [2.75, 3.05) is 13.1 Å². The van der Waals surface area contributed by atoms with Gasteiger partial charge in [-0.2, -0.15) is 0 Å². The van der Waals surface area contributed by atoms with E-state index < -0.39 is 17.3 Å². The minimum absolute atomic E-state index is 0.0141. The Labute approximate surface area is 124 Å². The van der Waals surface area contributed by atoms with Crippen LogP contribution in [0.1, 0.15) is 25.0 Å². The van der Waals surface area contributed by atoms with Crippen LogP contribution < -0.4 is 0 Å². The number of hydrogen-bond donors (Lipinski definition) is 1. The Balaban J connectivity index is 1.72. The van der Waals surface area contributed by atoms with Crippen molar-refractivity contribution in [2.24, 2.45) is 17.3 Å². The molecule has 2 atom stereocenters. The molecule has 1 aromatic carbocycles. The first-order valence-corrected chi connectivity index (χ1v) is 7.51. The fourth-order valence-electron chi connectivity index (χ4n) is 3.64. The summed E-state index contributed by atoms with van der Waals surface area (Å²) in [6.45, 7) is 5.13. The van der Waals surface area contributed by atoms with E-state index in [1.165, 1.54) is 11.1 Å². The SMILES string of the molecule is CC1(C)[C@H](C(=O)O)[C@@H]1C(=O)N1CCc2ccccc2CC1. The Kier molecular flexibility index (Phi) is 3.27. The maximum Gasteiger partial charge on any atom is 0.307 e. The second-order valence-corrected chi connectivity index (χ2v) is 6.71. The third kappa shape index (κ3) is 2.33. The van der Waals surface area contributed by atoms with Crippen LogP contribution in [-0.4, -0.2) is 35.0 Å². The van der Waals surface area contributed by atoms with Crippen LogP contribution in [-0.2, 0) is 22.4 Å². The molecule has 1 aromatic rings. The fourth-order valence-corrected chi connectivity index (χ4v) is 3.64. The minimum atomic E-state index is -0.851. The maximum absolute atomic E-state index is 12.7. The number of benzene rings is 1. The molecule has 0 bridgehead atoms. The summed E-state index contributed by atoms with van der Waals surface area (Å²) in [5.74, 6) is -1.73. The van der Waals surface area contributed by atoms with Crippen molar-refractivity contribution in [1.82, 2.24) is 4.90 Å².